The first-order valence-electron chi connectivity index (χ1n) is 8.30. The summed E-state index contributed by atoms with van der Waals surface area (Å²) in [5.74, 6) is 0.440. The summed E-state index contributed by atoms with van der Waals surface area (Å²) in [5.41, 5.74) is 0.629. The van der Waals surface area contributed by atoms with E-state index in [-0.39, 0.29) is 24.2 Å². The van der Waals surface area contributed by atoms with Gasteiger partial charge in [-0.15, -0.1) is 0 Å². The Hall–Kier alpha value is -2.63. The predicted octanol–water partition coefficient (Wildman–Crippen LogP) is 2.95. The highest BCUT2D eigenvalue weighted by atomic mass is 19.1. The van der Waals surface area contributed by atoms with Gasteiger partial charge in [0.15, 0.2) is 0 Å². The molecule has 1 aromatic heterocycles. The Morgan fingerprint density at radius 3 is 2.84 bits per heavy atom. The summed E-state index contributed by atoms with van der Waals surface area (Å²) >= 11 is 0. The maximum atomic E-state index is 13.6. The Balaban J connectivity index is 1.79. The zero-order valence-electron chi connectivity index (χ0n) is 14.3. The van der Waals surface area contributed by atoms with Gasteiger partial charge < -0.3 is 14.6 Å². The molecule has 0 aliphatic carbocycles. The van der Waals surface area contributed by atoms with E-state index in [9.17, 15) is 14.0 Å². The van der Waals surface area contributed by atoms with Gasteiger partial charge in [0, 0.05) is 13.5 Å². The number of hydrogen-bond donors (Lipinski definition) is 1. The Labute approximate surface area is 145 Å². The van der Waals surface area contributed by atoms with Crippen LogP contribution >= 0.6 is 0 Å². The van der Waals surface area contributed by atoms with Gasteiger partial charge in [-0.1, -0.05) is 12.1 Å². The number of amides is 2. The molecule has 1 aliphatic rings. The molecule has 3 rings (SSSR count). The quantitative estimate of drug-likeness (QED) is 0.927. The second kappa shape index (κ2) is 7.09. The largest absolute Gasteiger partial charge is 0.465 e. The minimum Gasteiger partial charge on any atom is -0.465 e. The van der Waals surface area contributed by atoms with Crippen molar-refractivity contribution in [1.82, 2.24) is 10.2 Å². The lowest BCUT2D eigenvalue weighted by molar-refractivity contribution is -0.141. The number of rotatable bonds is 4. The van der Waals surface area contributed by atoms with Gasteiger partial charge in [-0.2, -0.15) is 0 Å². The van der Waals surface area contributed by atoms with Crippen molar-refractivity contribution in [2.75, 3.05) is 7.05 Å². The van der Waals surface area contributed by atoms with Gasteiger partial charge in [0.1, 0.15) is 17.3 Å². The van der Waals surface area contributed by atoms with Crippen molar-refractivity contribution in [3.63, 3.8) is 0 Å². The van der Waals surface area contributed by atoms with Gasteiger partial charge in [-0.25, -0.2) is 4.39 Å². The molecule has 0 spiro atoms. The summed E-state index contributed by atoms with van der Waals surface area (Å²) in [5, 5.41) is 2.87. The van der Waals surface area contributed by atoms with Crippen molar-refractivity contribution in [2.45, 2.75) is 32.4 Å². The Kier molecular flexibility index (Phi) is 4.88. The van der Waals surface area contributed by atoms with E-state index in [1.807, 2.05) is 19.1 Å². The van der Waals surface area contributed by atoms with Crippen LogP contribution in [0.3, 0.4) is 0 Å². The zero-order valence-corrected chi connectivity index (χ0v) is 14.3. The molecule has 6 heteroatoms. The second-order valence-electron chi connectivity index (χ2n) is 6.38. The van der Waals surface area contributed by atoms with Crippen LogP contribution in [-0.4, -0.2) is 23.8 Å². The molecule has 2 amide bonds. The lowest BCUT2D eigenvalue weighted by Crippen LogP contribution is -2.46. The molecule has 132 valence electrons. The molecule has 2 aromatic rings. The predicted molar refractivity (Wildman–Crippen MR) is 89.9 cm³/mol. The molecule has 1 saturated heterocycles. The van der Waals surface area contributed by atoms with Gasteiger partial charge >= 0.3 is 0 Å². The number of nitrogens with zero attached hydrogens (tertiary/aromatic N) is 1. The molecule has 1 aromatic carbocycles. The third kappa shape index (κ3) is 3.73. The maximum Gasteiger partial charge on any atom is 0.225 e. The maximum absolute atomic E-state index is 13.6. The van der Waals surface area contributed by atoms with Gasteiger partial charge in [0.05, 0.1) is 18.5 Å². The molecule has 0 saturated carbocycles. The molecule has 0 unspecified atom stereocenters. The molecule has 1 N–H and O–H groups in total. The Bertz CT molecular complexity index is 786. The van der Waals surface area contributed by atoms with Crippen LogP contribution in [0.15, 0.2) is 40.8 Å². The second-order valence-corrected chi connectivity index (χ2v) is 6.38. The number of halogens is 1. The van der Waals surface area contributed by atoms with Crippen LogP contribution in [0.2, 0.25) is 0 Å². The number of furan rings is 1. The van der Waals surface area contributed by atoms with Crippen molar-refractivity contribution in [2.24, 2.45) is 5.92 Å². The van der Waals surface area contributed by atoms with Crippen LogP contribution in [0.5, 0.6) is 0 Å². The van der Waals surface area contributed by atoms with Crippen molar-refractivity contribution < 1.29 is 18.4 Å². The van der Waals surface area contributed by atoms with Crippen LogP contribution < -0.4 is 5.32 Å². The van der Waals surface area contributed by atoms with Crippen molar-refractivity contribution in [1.29, 1.82) is 0 Å². The van der Waals surface area contributed by atoms with E-state index in [0.717, 1.165) is 5.76 Å². The van der Waals surface area contributed by atoms with E-state index >= 15 is 0 Å². The SMILES string of the molecule is Cc1ccc(CNC(=O)[C@H]2CCC(=O)N(C)[C@H]2c2cccc(F)c2)o1. The summed E-state index contributed by atoms with van der Waals surface area (Å²) < 4.78 is 19.1. The monoisotopic (exact) mass is 344 g/mol. The summed E-state index contributed by atoms with van der Waals surface area (Å²) in [6, 6.07) is 9.26. The molecule has 2 atom stereocenters. The highest BCUT2D eigenvalue weighted by Crippen LogP contribution is 2.36. The topological polar surface area (TPSA) is 62.6 Å². The van der Waals surface area contributed by atoms with Crippen LogP contribution in [0.25, 0.3) is 0 Å². The number of carbonyl (C=O) groups is 2. The average Bonchev–Trinajstić information content (AvgIpc) is 3.00. The first-order valence-corrected chi connectivity index (χ1v) is 8.30. The van der Waals surface area contributed by atoms with Gasteiger partial charge in [0.2, 0.25) is 11.8 Å². The normalized spacial score (nSPS) is 20.6. The van der Waals surface area contributed by atoms with Crippen LogP contribution in [0.1, 0.15) is 36.0 Å². The standard InChI is InChI=1S/C19H21FN2O3/c1-12-6-7-15(25-12)11-21-19(24)16-8-9-17(23)22(2)18(16)13-4-3-5-14(20)10-13/h3-7,10,16,18H,8-9,11H2,1-2H3,(H,21,24)/t16-,18-/m0/s1. The molecule has 25 heavy (non-hydrogen) atoms. The fraction of sp³-hybridized carbons (Fsp3) is 0.368. The highest BCUT2D eigenvalue weighted by molar-refractivity contribution is 5.84. The molecule has 0 bridgehead atoms. The third-order valence-electron chi connectivity index (χ3n) is 4.62. The van der Waals surface area contributed by atoms with E-state index in [1.54, 1.807) is 24.1 Å². The Morgan fingerprint density at radius 2 is 2.16 bits per heavy atom. The lowest BCUT2D eigenvalue weighted by Gasteiger charge is -2.38. The number of nitrogens with one attached hydrogen (secondary N) is 1. The number of benzene rings is 1. The molecule has 1 aliphatic heterocycles. The van der Waals surface area contributed by atoms with Crippen LogP contribution in [0.4, 0.5) is 4.39 Å². The average molecular weight is 344 g/mol. The van der Waals surface area contributed by atoms with Crippen molar-refractivity contribution in [3.8, 4) is 0 Å². The number of carbonyl (C=O) groups excluding carboxylic acids is 2. The molecular weight excluding hydrogens is 323 g/mol. The lowest BCUT2D eigenvalue weighted by atomic mass is 9.84. The fourth-order valence-electron chi connectivity index (χ4n) is 3.34. The van der Waals surface area contributed by atoms with Gasteiger partial charge in [-0.3, -0.25) is 9.59 Å². The smallest absolute Gasteiger partial charge is 0.225 e. The molecule has 2 heterocycles. The summed E-state index contributed by atoms with van der Waals surface area (Å²) in [4.78, 5) is 26.4. The summed E-state index contributed by atoms with van der Waals surface area (Å²) in [7, 11) is 1.66. The zero-order chi connectivity index (χ0) is 18.0. The van der Waals surface area contributed by atoms with Crippen molar-refractivity contribution >= 4 is 11.8 Å². The van der Waals surface area contributed by atoms with Crippen LogP contribution in [0, 0.1) is 18.7 Å². The fourth-order valence-corrected chi connectivity index (χ4v) is 3.34. The molecule has 5 nitrogen and oxygen atoms in total. The minimum atomic E-state index is -0.477. The van der Waals surface area contributed by atoms with Crippen molar-refractivity contribution in [3.05, 3.63) is 59.3 Å². The van der Waals surface area contributed by atoms with E-state index in [0.29, 0.717) is 24.2 Å². The molecular formula is C19H21FN2O3. The number of aryl methyl sites for hydroxylation is 1. The number of piperidine rings is 1. The van der Waals surface area contributed by atoms with E-state index < -0.39 is 12.0 Å². The first kappa shape index (κ1) is 17.2. The summed E-state index contributed by atoms with van der Waals surface area (Å²) in [6.07, 6.45) is 0.744. The van der Waals surface area contributed by atoms with E-state index in [2.05, 4.69) is 5.32 Å². The Morgan fingerprint density at radius 1 is 1.36 bits per heavy atom. The number of likely N-dealkylation sites (tertiary alicyclic amines) is 1. The van der Waals surface area contributed by atoms with Gasteiger partial charge in [-0.05, 0) is 43.2 Å². The number of hydrogen-bond acceptors (Lipinski definition) is 3. The van der Waals surface area contributed by atoms with Crippen LogP contribution in [-0.2, 0) is 16.1 Å². The summed E-state index contributed by atoms with van der Waals surface area (Å²) in [6.45, 7) is 2.13. The van der Waals surface area contributed by atoms with E-state index in [4.69, 9.17) is 4.42 Å². The van der Waals surface area contributed by atoms with E-state index in [1.165, 1.54) is 12.1 Å². The minimum absolute atomic E-state index is 0.0417. The molecule has 0 radical (unpaired) electrons. The first-order chi connectivity index (χ1) is 12.0. The third-order valence-corrected chi connectivity index (χ3v) is 4.62. The van der Waals surface area contributed by atoms with Gasteiger partial charge in [0.25, 0.3) is 0 Å². The highest BCUT2D eigenvalue weighted by Gasteiger charge is 2.38. The molecule has 1 fully saturated rings.